The van der Waals surface area contributed by atoms with Crippen molar-refractivity contribution in [3.63, 3.8) is 0 Å². The average molecular weight is 503 g/mol. The van der Waals surface area contributed by atoms with Gasteiger partial charge in [-0.2, -0.15) is 59.7 Å². The van der Waals surface area contributed by atoms with Crippen molar-refractivity contribution in [1.82, 2.24) is 0 Å². The predicted octanol–water partition coefficient (Wildman–Crippen LogP) is 5.31. The van der Waals surface area contributed by atoms with Crippen LogP contribution < -0.4 is 0 Å². The van der Waals surface area contributed by atoms with E-state index in [1.807, 2.05) is 38.9 Å². The summed E-state index contributed by atoms with van der Waals surface area (Å²) >= 11 is 2.03. The first-order chi connectivity index (χ1) is 15.9. The zero-order chi connectivity index (χ0) is 23.3. The van der Waals surface area contributed by atoms with Gasteiger partial charge in [0.05, 0.1) is 0 Å². The second kappa shape index (κ2) is 17.2. The fourth-order valence-electron chi connectivity index (χ4n) is 4.00. The van der Waals surface area contributed by atoms with E-state index in [9.17, 15) is 0 Å². The van der Waals surface area contributed by atoms with Crippen LogP contribution >= 0.6 is 0 Å². The molecule has 0 amide bonds. The molecule has 4 aromatic rings. The van der Waals surface area contributed by atoms with Gasteiger partial charge in [0.1, 0.15) is 0 Å². The van der Waals surface area contributed by atoms with Crippen LogP contribution in [0.1, 0.15) is 22.3 Å². The van der Waals surface area contributed by atoms with Gasteiger partial charge in [-0.15, -0.1) is 11.1 Å². The van der Waals surface area contributed by atoms with Crippen LogP contribution in [-0.2, 0) is 32.0 Å². The Morgan fingerprint density at radius 2 is 0.882 bits per heavy atom. The van der Waals surface area contributed by atoms with E-state index in [-0.39, 0.29) is 14.9 Å². The Kier molecular flexibility index (Phi) is 16.1. The second-order valence-electron chi connectivity index (χ2n) is 6.79. The Bertz CT molecular complexity index is 952. The molecule has 2 aliphatic rings. The Morgan fingerprint density at radius 1 is 0.559 bits per heavy atom. The van der Waals surface area contributed by atoms with Gasteiger partial charge < -0.3 is 25.1 Å². The van der Waals surface area contributed by atoms with Crippen molar-refractivity contribution in [3.8, 4) is 22.3 Å². The Balaban J connectivity index is 0.000000502. The van der Waals surface area contributed by atoms with Gasteiger partial charge in [0.15, 0.2) is 0 Å². The Labute approximate surface area is 219 Å². The Hall–Kier alpha value is -2.27. The molecule has 4 aromatic carbocycles. The minimum absolute atomic E-state index is 0. The summed E-state index contributed by atoms with van der Waals surface area (Å²) in [6, 6.07) is 36.2. The third kappa shape index (κ3) is 7.36. The summed E-state index contributed by atoms with van der Waals surface area (Å²) in [5.74, 6) is 0. The second-order valence-corrected chi connectivity index (χ2v) is 6.79. The van der Waals surface area contributed by atoms with Crippen molar-refractivity contribution in [2.75, 3.05) is 14.2 Å². The van der Waals surface area contributed by atoms with Gasteiger partial charge in [-0.3, -0.25) is 0 Å². The van der Waals surface area contributed by atoms with Crippen LogP contribution in [0.25, 0.3) is 22.3 Å². The van der Waals surface area contributed by atoms with Crippen molar-refractivity contribution in [3.05, 3.63) is 134 Å². The number of fused-ring (bicyclic) bond motifs is 6. The van der Waals surface area contributed by atoms with E-state index in [2.05, 4.69) is 84.9 Å². The molecule has 178 valence electrons. The topological polar surface area (TPSA) is 40.5 Å². The van der Waals surface area contributed by atoms with Gasteiger partial charge in [0.2, 0.25) is 0 Å². The fourth-order valence-corrected chi connectivity index (χ4v) is 4.00. The first kappa shape index (κ1) is 31.7. The van der Waals surface area contributed by atoms with E-state index >= 15 is 0 Å². The van der Waals surface area contributed by atoms with Crippen molar-refractivity contribution >= 4 is 7.63 Å². The molecule has 0 radical (unpaired) electrons. The molecule has 0 aliphatic heterocycles. The van der Waals surface area contributed by atoms with Gasteiger partial charge in [-0.25, -0.2) is 0 Å². The molecule has 0 spiro atoms. The van der Waals surface area contributed by atoms with E-state index in [0.717, 1.165) is 27.1 Å². The normalized spacial score (nSPS) is 9.85. The summed E-state index contributed by atoms with van der Waals surface area (Å²) < 4.78 is 0. The first-order valence-electron chi connectivity index (χ1n) is 10.3. The van der Waals surface area contributed by atoms with Crippen LogP contribution in [0.3, 0.4) is 0 Å². The molecule has 0 aromatic heterocycles. The third-order valence-corrected chi connectivity index (χ3v) is 5.23. The van der Waals surface area contributed by atoms with Crippen LogP contribution in [-0.4, -0.2) is 32.1 Å². The van der Waals surface area contributed by atoms with E-state index in [4.69, 9.17) is 10.2 Å². The number of aliphatic hydroxyl groups is 2. The molecular weight excluding hydrogens is 468 g/mol. The van der Waals surface area contributed by atoms with Gasteiger partial charge in [0, 0.05) is 14.2 Å². The van der Waals surface area contributed by atoms with Gasteiger partial charge in [-0.1, -0.05) is 70.8 Å². The fraction of sp³-hybridized carbons (Fsp3) is 0.133. The number of aliphatic hydroxyl groups excluding tert-OH is 2. The van der Waals surface area contributed by atoms with Crippen LogP contribution in [0.2, 0.25) is 0 Å². The van der Waals surface area contributed by atoms with Gasteiger partial charge in [0.25, 0.3) is 0 Å². The maximum Gasteiger partial charge on any atom is -0.0253 e. The zero-order valence-corrected chi connectivity index (χ0v) is 23.6. The number of hydrogen-bond acceptors (Lipinski definition) is 2. The van der Waals surface area contributed by atoms with Crippen LogP contribution in [0.15, 0.2) is 84.9 Å². The summed E-state index contributed by atoms with van der Waals surface area (Å²) in [5.41, 5.74) is 11.0. The van der Waals surface area contributed by atoms with Crippen LogP contribution in [0.5, 0.6) is 0 Å². The summed E-state index contributed by atoms with van der Waals surface area (Å²) in [5, 5.41) is 14.0. The molecule has 2 nitrogen and oxygen atoms in total. The minimum atomic E-state index is 0. The number of hydrogen-bond donors (Lipinski definition) is 2. The first-order valence-corrected chi connectivity index (χ1v) is 14.3. The van der Waals surface area contributed by atoms with Crippen molar-refractivity contribution in [2.24, 2.45) is 0 Å². The van der Waals surface area contributed by atoms with Crippen molar-refractivity contribution < 1.29 is 29.4 Å². The molecule has 0 bridgehead atoms. The standard InChI is InChI=1S/2C13H9.2CH4O.2CH3.H2Si.Ti/c2*1-3-7-12-10(5-1)9-11-6-2-4-8-13(11)12;2*1-2;;;;/h2*1-5,7-8H,9H2;2*2H,1H3;2*1H3;1H2;/q2*-1;;;2*-1;;. The van der Waals surface area contributed by atoms with Crippen molar-refractivity contribution in [1.29, 1.82) is 0 Å². The van der Waals surface area contributed by atoms with E-state index in [0.29, 0.717) is 0 Å². The summed E-state index contributed by atoms with van der Waals surface area (Å²) in [6.45, 7) is 0. The maximum atomic E-state index is 7.00. The van der Waals surface area contributed by atoms with E-state index in [1.165, 1.54) is 44.5 Å². The largest absolute Gasteiger partial charge is 0.179 e. The Morgan fingerprint density at radius 3 is 1.26 bits per heavy atom. The SMILES string of the molecule is CO.CO.[CH3-].[CH3-].[SiH2]=[Ti].[c-]1cccc2c1Cc1ccccc1-2.[c-]1cccc2c1Cc1ccccc1-2. The molecular formula is C30H34O2SiTi-4. The predicted molar refractivity (Wildman–Crippen MR) is 145 cm³/mol. The molecule has 2 aliphatic carbocycles. The number of benzene rings is 4. The molecule has 0 fully saturated rings. The maximum absolute atomic E-state index is 7.00. The quantitative estimate of drug-likeness (QED) is 0.218. The number of rotatable bonds is 0. The van der Waals surface area contributed by atoms with Gasteiger partial charge >= 0.3 is 26.8 Å². The van der Waals surface area contributed by atoms with Gasteiger partial charge in [-0.05, 0) is 12.8 Å². The van der Waals surface area contributed by atoms with Crippen LogP contribution in [0, 0.1) is 27.0 Å². The molecule has 34 heavy (non-hydrogen) atoms. The smallest absolute Gasteiger partial charge is 0.0253 e. The van der Waals surface area contributed by atoms with Crippen LogP contribution in [0.4, 0.5) is 0 Å². The summed E-state index contributed by atoms with van der Waals surface area (Å²) in [4.78, 5) is 0. The van der Waals surface area contributed by atoms with E-state index < -0.39 is 0 Å². The summed E-state index contributed by atoms with van der Waals surface area (Å²) in [6.07, 6.45) is 2.10. The van der Waals surface area contributed by atoms with E-state index in [1.54, 1.807) is 0 Å². The molecule has 2 N–H and O–H groups in total. The molecule has 6 rings (SSSR count). The molecule has 0 saturated heterocycles. The third-order valence-electron chi connectivity index (χ3n) is 5.23. The monoisotopic (exact) mass is 502 g/mol. The molecule has 0 heterocycles. The summed E-state index contributed by atoms with van der Waals surface area (Å²) in [7, 11) is 3.86. The van der Waals surface area contributed by atoms with Crippen molar-refractivity contribution in [2.45, 2.75) is 12.8 Å². The molecule has 4 heteroatoms. The average Bonchev–Trinajstić information content (AvgIpc) is 3.46. The molecule has 0 unspecified atom stereocenters. The molecule has 0 saturated carbocycles. The molecule has 0 atom stereocenters. The zero-order valence-electron chi connectivity index (χ0n) is 20.6. The minimum Gasteiger partial charge on any atom is -0.179 e.